The first-order valence-corrected chi connectivity index (χ1v) is 8.74. The molecular weight excluding hydrogens is 398 g/mol. The summed E-state index contributed by atoms with van der Waals surface area (Å²) >= 11 is 5.79. The molecule has 9 heteroatoms. The molecule has 2 aromatic carbocycles. The number of hydrogen-bond acceptors (Lipinski definition) is 6. The summed E-state index contributed by atoms with van der Waals surface area (Å²) < 4.78 is 5.42. The second-order valence-corrected chi connectivity index (χ2v) is 6.25. The number of ether oxygens (including phenoxy) is 1. The molecule has 8 nitrogen and oxygen atoms in total. The Bertz CT molecular complexity index is 1040. The van der Waals surface area contributed by atoms with E-state index < -0.39 is 22.9 Å². The third-order valence-corrected chi connectivity index (χ3v) is 4.21. The van der Waals surface area contributed by atoms with E-state index in [-0.39, 0.29) is 22.0 Å². The molecule has 29 heavy (non-hydrogen) atoms. The first-order valence-electron chi connectivity index (χ1n) is 8.36. The van der Waals surface area contributed by atoms with Gasteiger partial charge in [0.15, 0.2) is 0 Å². The number of esters is 1. The van der Waals surface area contributed by atoms with Crippen LogP contribution in [0, 0.1) is 10.1 Å². The minimum Gasteiger partial charge on any atom is -0.444 e. The predicted octanol–water partition coefficient (Wildman–Crippen LogP) is 4.18. The van der Waals surface area contributed by atoms with Gasteiger partial charge in [-0.05, 0) is 24.3 Å². The van der Waals surface area contributed by atoms with E-state index in [0.29, 0.717) is 5.56 Å². The van der Waals surface area contributed by atoms with Crippen LogP contribution in [0.15, 0.2) is 73.1 Å². The van der Waals surface area contributed by atoms with Gasteiger partial charge in [-0.2, -0.15) is 0 Å². The summed E-state index contributed by atoms with van der Waals surface area (Å²) in [5.41, 5.74) is 0.466. The van der Waals surface area contributed by atoms with Gasteiger partial charge >= 0.3 is 5.97 Å². The van der Waals surface area contributed by atoms with Crippen LogP contribution < -0.4 is 5.32 Å². The van der Waals surface area contributed by atoms with E-state index in [1.165, 1.54) is 36.7 Å². The van der Waals surface area contributed by atoms with Gasteiger partial charge in [0, 0.05) is 29.7 Å². The van der Waals surface area contributed by atoms with Crippen molar-refractivity contribution in [1.82, 2.24) is 4.98 Å². The van der Waals surface area contributed by atoms with Crippen molar-refractivity contribution < 1.29 is 19.2 Å². The number of anilines is 1. The highest BCUT2D eigenvalue weighted by molar-refractivity contribution is 6.32. The number of benzene rings is 2. The van der Waals surface area contributed by atoms with Crippen molar-refractivity contribution in [3.05, 3.63) is 99.3 Å². The summed E-state index contributed by atoms with van der Waals surface area (Å²) in [6.07, 6.45) is 1.59. The lowest BCUT2D eigenvalue weighted by atomic mass is 10.1. The maximum absolute atomic E-state index is 12.8. The van der Waals surface area contributed by atoms with Crippen LogP contribution in [0.3, 0.4) is 0 Å². The zero-order valence-corrected chi connectivity index (χ0v) is 15.6. The number of hydrogen-bond donors (Lipinski definition) is 1. The number of nitrogens with zero attached hydrogens (tertiary/aromatic N) is 2. The Morgan fingerprint density at radius 2 is 1.76 bits per heavy atom. The molecule has 0 spiro atoms. The smallest absolute Gasteiger partial charge is 0.339 e. The first-order chi connectivity index (χ1) is 14.0. The number of pyridine rings is 1. The number of halogens is 1. The summed E-state index contributed by atoms with van der Waals surface area (Å²) in [5.74, 6) is -1.38. The molecule has 1 aromatic heterocycles. The second kappa shape index (κ2) is 8.94. The quantitative estimate of drug-likeness (QED) is 0.370. The van der Waals surface area contributed by atoms with Crippen molar-refractivity contribution in [2.45, 2.75) is 6.10 Å². The topological polar surface area (TPSA) is 111 Å². The summed E-state index contributed by atoms with van der Waals surface area (Å²) in [6.45, 7) is 0. The fraction of sp³-hybridized carbons (Fsp3) is 0.0500. The summed E-state index contributed by atoms with van der Waals surface area (Å²) in [6, 6.07) is 15.2. The largest absolute Gasteiger partial charge is 0.444 e. The molecular formula is C20H14ClN3O5. The molecule has 1 amide bonds. The lowest BCUT2D eigenvalue weighted by Crippen LogP contribution is -2.26. The average Bonchev–Trinajstić information content (AvgIpc) is 2.74. The lowest BCUT2D eigenvalue weighted by Gasteiger charge is -2.18. The third-order valence-electron chi connectivity index (χ3n) is 3.89. The Kier molecular flexibility index (Phi) is 6.16. The maximum Gasteiger partial charge on any atom is 0.339 e. The van der Waals surface area contributed by atoms with Gasteiger partial charge in [-0.1, -0.05) is 41.9 Å². The van der Waals surface area contributed by atoms with Crippen LogP contribution in [-0.4, -0.2) is 21.8 Å². The van der Waals surface area contributed by atoms with Gasteiger partial charge in [-0.15, -0.1) is 0 Å². The lowest BCUT2D eigenvalue weighted by molar-refractivity contribution is -0.384. The minimum atomic E-state index is -1.27. The van der Waals surface area contributed by atoms with E-state index in [1.807, 2.05) is 0 Å². The van der Waals surface area contributed by atoms with Crippen molar-refractivity contribution in [2.24, 2.45) is 0 Å². The van der Waals surface area contributed by atoms with Crippen LogP contribution in [-0.2, 0) is 9.53 Å². The van der Waals surface area contributed by atoms with Gasteiger partial charge in [0.25, 0.3) is 11.6 Å². The van der Waals surface area contributed by atoms with Gasteiger partial charge < -0.3 is 10.1 Å². The zero-order valence-electron chi connectivity index (χ0n) is 14.8. The van der Waals surface area contributed by atoms with Crippen LogP contribution in [0.2, 0.25) is 5.02 Å². The van der Waals surface area contributed by atoms with Crippen molar-refractivity contribution in [1.29, 1.82) is 0 Å². The van der Waals surface area contributed by atoms with Crippen molar-refractivity contribution in [2.75, 3.05) is 5.32 Å². The number of nitro groups is 1. The van der Waals surface area contributed by atoms with Crippen LogP contribution in [0.25, 0.3) is 0 Å². The molecule has 3 rings (SSSR count). The Morgan fingerprint density at radius 1 is 1.07 bits per heavy atom. The fourth-order valence-electron chi connectivity index (χ4n) is 2.50. The van der Waals surface area contributed by atoms with Crippen molar-refractivity contribution in [3.8, 4) is 0 Å². The zero-order chi connectivity index (χ0) is 20.8. The number of carbonyl (C=O) groups is 2. The van der Waals surface area contributed by atoms with Crippen molar-refractivity contribution >= 4 is 34.9 Å². The Morgan fingerprint density at radius 3 is 2.41 bits per heavy atom. The van der Waals surface area contributed by atoms with E-state index in [1.54, 1.807) is 30.3 Å². The maximum atomic E-state index is 12.8. The van der Waals surface area contributed by atoms with Gasteiger partial charge in [0.1, 0.15) is 5.02 Å². The van der Waals surface area contributed by atoms with Crippen LogP contribution in [0.5, 0.6) is 0 Å². The fourth-order valence-corrected chi connectivity index (χ4v) is 2.69. The number of rotatable bonds is 6. The van der Waals surface area contributed by atoms with Crippen LogP contribution >= 0.6 is 11.6 Å². The molecule has 0 radical (unpaired) electrons. The Balaban J connectivity index is 1.86. The SMILES string of the molecule is O=C(O[C@H](C(=O)Nc1ccc(Cl)c([N+](=O)[O-])c1)c1ccccc1)c1ccncc1. The van der Waals surface area contributed by atoms with E-state index >= 15 is 0 Å². The van der Waals surface area contributed by atoms with Gasteiger partial charge in [0.05, 0.1) is 10.5 Å². The molecule has 0 unspecified atom stereocenters. The van der Waals surface area contributed by atoms with Gasteiger partial charge in [-0.3, -0.25) is 19.9 Å². The monoisotopic (exact) mass is 411 g/mol. The average molecular weight is 412 g/mol. The number of nitro benzene ring substituents is 1. The number of carbonyl (C=O) groups excluding carboxylic acids is 2. The molecule has 3 aromatic rings. The van der Waals surface area contributed by atoms with Gasteiger partial charge in [0.2, 0.25) is 6.10 Å². The molecule has 0 aliphatic carbocycles. The predicted molar refractivity (Wildman–Crippen MR) is 106 cm³/mol. The standard InChI is InChI=1S/C20H14ClN3O5/c21-16-7-6-15(12-17(16)24(27)28)23-19(25)18(13-4-2-1-3-5-13)29-20(26)14-8-10-22-11-9-14/h1-12,18H,(H,23,25)/t18-/m0/s1. The van der Waals surface area contributed by atoms with E-state index in [2.05, 4.69) is 10.3 Å². The first kappa shape index (κ1) is 20.0. The highest BCUT2D eigenvalue weighted by Crippen LogP contribution is 2.28. The molecule has 0 aliphatic rings. The van der Waals surface area contributed by atoms with E-state index in [9.17, 15) is 19.7 Å². The molecule has 1 atom stereocenters. The second-order valence-electron chi connectivity index (χ2n) is 5.84. The Labute approximate surface area is 170 Å². The molecule has 0 fully saturated rings. The summed E-state index contributed by atoms with van der Waals surface area (Å²) in [7, 11) is 0. The molecule has 1 N–H and O–H groups in total. The highest BCUT2D eigenvalue weighted by atomic mass is 35.5. The highest BCUT2D eigenvalue weighted by Gasteiger charge is 2.26. The Hall–Kier alpha value is -3.78. The summed E-state index contributed by atoms with van der Waals surface area (Å²) in [5, 5.41) is 13.5. The minimum absolute atomic E-state index is 0.0586. The molecule has 146 valence electrons. The molecule has 0 aliphatic heterocycles. The summed E-state index contributed by atoms with van der Waals surface area (Å²) in [4.78, 5) is 39.5. The van der Waals surface area contributed by atoms with E-state index in [0.717, 1.165) is 6.07 Å². The van der Waals surface area contributed by atoms with Crippen molar-refractivity contribution in [3.63, 3.8) is 0 Å². The van der Waals surface area contributed by atoms with Crippen LogP contribution in [0.4, 0.5) is 11.4 Å². The normalized spacial score (nSPS) is 11.3. The van der Waals surface area contributed by atoms with Gasteiger partial charge in [-0.25, -0.2) is 4.79 Å². The number of nitrogens with one attached hydrogen (secondary N) is 1. The molecule has 0 saturated carbocycles. The van der Waals surface area contributed by atoms with E-state index in [4.69, 9.17) is 16.3 Å². The molecule has 1 heterocycles. The molecule has 0 saturated heterocycles. The molecule has 0 bridgehead atoms. The number of aromatic nitrogens is 1. The third kappa shape index (κ3) is 4.94. The van der Waals surface area contributed by atoms with Crippen LogP contribution in [0.1, 0.15) is 22.0 Å². The number of amides is 1.